The van der Waals surface area contributed by atoms with Crippen LogP contribution < -0.4 is 9.62 Å². The van der Waals surface area contributed by atoms with E-state index in [-0.39, 0.29) is 29.8 Å². The molecule has 0 bridgehead atoms. The fourth-order valence-electron chi connectivity index (χ4n) is 4.86. The SMILES string of the molecule is CC[C@@H](C)NC(=O)[C@H](Cc1ccccc1)N(Cc1cccc(C)c1)C(=O)CN(c1ccc(I)cc1)S(=O)(=O)c1ccccc1. The van der Waals surface area contributed by atoms with Gasteiger partial charge in [0.1, 0.15) is 12.6 Å². The monoisotopic (exact) mass is 723 g/mol. The second-order valence-electron chi connectivity index (χ2n) is 10.8. The van der Waals surface area contributed by atoms with Crippen LogP contribution in [-0.2, 0) is 32.6 Å². The van der Waals surface area contributed by atoms with Crippen molar-refractivity contribution < 1.29 is 18.0 Å². The second kappa shape index (κ2) is 15.3. The van der Waals surface area contributed by atoms with Crippen LogP contribution in [0.3, 0.4) is 0 Å². The zero-order valence-corrected chi connectivity index (χ0v) is 28.2. The largest absolute Gasteiger partial charge is 0.352 e. The lowest BCUT2D eigenvalue weighted by atomic mass is 10.0. The third-order valence-corrected chi connectivity index (χ3v) is 9.94. The van der Waals surface area contributed by atoms with E-state index in [2.05, 4.69) is 27.9 Å². The molecule has 0 spiro atoms. The quantitative estimate of drug-likeness (QED) is 0.163. The molecule has 9 heteroatoms. The van der Waals surface area contributed by atoms with Crippen molar-refractivity contribution in [3.8, 4) is 0 Å². The fraction of sp³-hybridized carbons (Fsp3) is 0.257. The van der Waals surface area contributed by atoms with Crippen molar-refractivity contribution in [1.29, 1.82) is 0 Å². The third kappa shape index (κ3) is 8.69. The smallest absolute Gasteiger partial charge is 0.264 e. The number of hydrogen-bond donors (Lipinski definition) is 1. The van der Waals surface area contributed by atoms with Crippen molar-refractivity contribution in [2.45, 2.75) is 57.1 Å². The standard InChI is InChI=1S/C35H38IN3O4S/c1-4-27(3)37-35(41)33(23-28-13-7-5-8-14-28)38(24-29-15-11-12-26(2)22-29)34(40)25-39(31-20-18-30(36)19-21-31)44(42,43)32-16-9-6-10-17-32/h5-22,27,33H,4,23-25H2,1-3H3,(H,37,41)/t27-,33+/m1/s1. The van der Waals surface area contributed by atoms with E-state index in [1.807, 2.05) is 75.4 Å². The van der Waals surface area contributed by atoms with E-state index in [0.29, 0.717) is 5.69 Å². The zero-order valence-electron chi connectivity index (χ0n) is 25.2. The van der Waals surface area contributed by atoms with Gasteiger partial charge in [-0.05, 0) is 90.4 Å². The molecule has 4 aromatic carbocycles. The van der Waals surface area contributed by atoms with Crippen molar-refractivity contribution in [2.75, 3.05) is 10.8 Å². The Kier molecular flexibility index (Phi) is 11.6. The summed E-state index contributed by atoms with van der Waals surface area (Å²) in [5.74, 6) is -0.763. The van der Waals surface area contributed by atoms with E-state index in [9.17, 15) is 18.0 Å². The van der Waals surface area contributed by atoms with E-state index in [1.54, 1.807) is 42.5 Å². The normalized spacial score (nSPS) is 12.6. The van der Waals surface area contributed by atoms with Gasteiger partial charge in [0.05, 0.1) is 10.6 Å². The minimum atomic E-state index is -4.12. The summed E-state index contributed by atoms with van der Waals surface area (Å²) < 4.78 is 30.1. The summed E-state index contributed by atoms with van der Waals surface area (Å²) in [5, 5.41) is 3.06. The number of nitrogens with zero attached hydrogens (tertiary/aromatic N) is 2. The molecule has 2 amide bonds. The molecule has 0 saturated carbocycles. The minimum absolute atomic E-state index is 0.0759. The van der Waals surface area contributed by atoms with Crippen LogP contribution in [-0.4, -0.2) is 43.8 Å². The first-order chi connectivity index (χ1) is 21.1. The first-order valence-corrected chi connectivity index (χ1v) is 17.1. The first-order valence-electron chi connectivity index (χ1n) is 14.6. The van der Waals surface area contributed by atoms with Crippen LogP contribution in [0.5, 0.6) is 0 Å². The molecule has 4 rings (SSSR count). The number of nitrogens with one attached hydrogen (secondary N) is 1. The van der Waals surface area contributed by atoms with Crippen molar-refractivity contribution in [3.05, 3.63) is 129 Å². The van der Waals surface area contributed by atoms with E-state index in [0.717, 1.165) is 31.0 Å². The number of hydrogen-bond acceptors (Lipinski definition) is 4. The molecule has 0 saturated heterocycles. The maximum Gasteiger partial charge on any atom is 0.264 e. The fourth-order valence-corrected chi connectivity index (χ4v) is 6.65. The Bertz CT molecular complexity index is 1650. The highest BCUT2D eigenvalue weighted by atomic mass is 127. The number of anilines is 1. The average Bonchev–Trinajstić information content (AvgIpc) is 3.02. The van der Waals surface area contributed by atoms with Crippen LogP contribution in [0.15, 0.2) is 114 Å². The first kappa shape index (κ1) is 33.2. The van der Waals surface area contributed by atoms with Gasteiger partial charge in [0.25, 0.3) is 10.0 Å². The van der Waals surface area contributed by atoms with Crippen molar-refractivity contribution in [2.24, 2.45) is 0 Å². The van der Waals surface area contributed by atoms with Crippen LogP contribution in [0.25, 0.3) is 0 Å². The lowest BCUT2D eigenvalue weighted by molar-refractivity contribution is -0.140. The number of rotatable bonds is 13. The molecule has 0 aliphatic heterocycles. The number of carbonyl (C=O) groups excluding carboxylic acids is 2. The summed E-state index contributed by atoms with van der Waals surface area (Å²) in [4.78, 5) is 30.0. The molecule has 0 heterocycles. The van der Waals surface area contributed by atoms with Crippen LogP contribution in [0.1, 0.15) is 37.0 Å². The van der Waals surface area contributed by atoms with Crippen LogP contribution in [0, 0.1) is 10.5 Å². The molecule has 0 aliphatic rings. The van der Waals surface area contributed by atoms with Crippen molar-refractivity contribution >= 4 is 50.1 Å². The Hall–Kier alpha value is -3.70. The molecular formula is C35H38IN3O4S. The number of benzene rings is 4. The number of carbonyl (C=O) groups is 2. The predicted molar refractivity (Wildman–Crippen MR) is 184 cm³/mol. The lowest BCUT2D eigenvalue weighted by Gasteiger charge is -2.34. The molecule has 44 heavy (non-hydrogen) atoms. The van der Waals surface area contributed by atoms with Crippen molar-refractivity contribution in [3.63, 3.8) is 0 Å². The van der Waals surface area contributed by atoms with Crippen LogP contribution >= 0.6 is 22.6 Å². The summed E-state index contributed by atoms with van der Waals surface area (Å²) in [6, 6.07) is 31.4. The number of aryl methyl sites for hydroxylation is 1. The summed E-state index contributed by atoms with van der Waals surface area (Å²) in [6.45, 7) is 5.54. The summed E-state index contributed by atoms with van der Waals surface area (Å²) in [5.41, 5.74) is 3.12. The van der Waals surface area contributed by atoms with E-state index in [4.69, 9.17) is 0 Å². The third-order valence-electron chi connectivity index (χ3n) is 7.43. The molecule has 4 aromatic rings. The maximum absolute atomic E-state index is 14.5. The highest BCUT2D eigenvalue weighted by Crippen LogP contribution is 2.26. The van der Waals surface area contributed by atoms with Gasteiger partial charge < -0.3 is 10.2 Å². The molecule has 7 nitrogen and oxygen atoms in total. The highest BCUT2D eigenvalue weighted by Gasteiger charge is 2.35. The summed E-state index contributed by atoms with van der Waals surface area (Å²) in [6.07, 6.45) is 1.00. The predicted octanol–water partition coefficient (Wildman–Crippen LogP) is 6.35. The Balaban J connectivity index is 1.80. The van der Waals surface area contributed by atoms with Gasteiger partial charge in [-0.1, -0.05) is 85.3 Å². The number of halogens is 1. The molecule has 2 atom stereocenters. The minimum Gasteiger partial charge on any atom is -0.352 e. The topological polar surface area (TPSA) is 86.8 Å². The van der Waals surface area contributed by atoms with Gasteiger partial charge in [0.15, 0.2) is 0 Å². The van der Waals surface area contributed by atoms with Gasteiger partial charge in [-0.15, -0.1) is 0 Å². The Morgan fingerprint density at radius 1 is 0.841 bits per heavy atom. The zero-order chi connectivity index (χ0) is 31.7. The van der Waals surface area contributed by atoms with Gasteiger partial charge in [0.2, 0.25) is 11.8 Å². The molecule has 0 fully saturated rings. The second-order valence-corrected chi connectivity index (χ2v) is 13.9. The summed E-state index contributed by atoms with van der Waals surface area (Å²) in [7, 11) is -4.12. The lowest BCUT2D eigenvalue weighted by Crippen LogP contribution is -2.54. The van der Waals surface area contributed by atoms with Gasteiger partial charge in [-0.2, -0.15) is 0 Å². The van der Waals surface area contributed by atoms with Gasteiger partial charge >= 0.3 is 0 Å². The molecule has 1 N–H and O–H groups in total. The molecule has 230 valence electrons. The number of amides is 2. The van der Waals surface area contributed by atoms with E-state index in [1.165, 1.54) is 17.0 Å². The van der Waals surface area contributed by atoms with Gasteiger partial charge in [-0.25, -0.2) is 8.42 Å². The maximum atomic E-state index is 14.5. The number of sulfonamides is 1. The Morgan fingerprint density at radius 3 is 2.07 bits per heavy atom. The molecule has 0 unspecified atom stereocenters. The Labute approximate surface area is 274 Å². The van der Waals surface area contributed by atoms with E-state index >= 15 is 0 Å². The van der Waals surface area contributed by atoms with Crippen molar-refractivity contribution in [1.82, 2.24) is 10.2 Å². The molecule has 0 aromatic heterocycles. The molecule has 0 aliphatic carbocycles. The van der Waals surface area contributed by atoms with E-state index < -0.39 is 28.5 Å². The highest BCUT2D eigenvalue weighted by molar-refractivity contribution is 14.1. The molecular weight excluding hydrogens is 685 g/mol. The molecule has 0 radical (unpaired) electrons. The van der Waals surface area contributed by atoms with Gasteiger partial charge in [-0.3, -0.25) is 13.9 Å². The Morgan fingerprint density at radius 2 is 1.45 bits per heavy atom. The van der Waals surface area contributed by atoms with Gasteiger partial charge in [0, 0.05) is 22.6 Å². The average molecular weight is 724 g/mol. The van der Waals surface area contributed by atoms with Crippen LogP contribution in [0.4, 0.5) is 5.69 Å². The van der Waals surface area contributed by atoms with Crippen LogP contribution in [0.2, 0.25) is 0 Å². The summed E-state index contributed by atoms with van der Waals surface area (Å²) >= 11 is 2.15.